The molecule has 0 aliphatic heterocycles. The molecule has 1 atom stereocenters. The number of benzene rings is 2. The fourth-order valence-corrected chi connectivity index (χ4v) is 4.59. The molecule has 1 N–H and O–H groups in total. The molecule has 1 amide bonds. The van der Waals surface area contributed by atoms with Crippen LogP contribution in [0.15, 0.2) is 48.5 Å². The van der Waals surface area contributed by atoms with Gasteiger partial charge < -0.3 is 9.84 Å². The number of fused-ring (bicyclic) bond motifs is 3. The van der Waals surface area contributed by atoms with Gasteiger partial charge in [0.1, 0.15) is 12.6 Å². The average molecular weight is 379 g/mol. The van der Waals surface area contributed by atoms with Gasteiger partial charge in [-0.25, -0.2) is 9.59 Å². The van der Waals surface area contributed by atoms with Crippen LogP contribution in [0.2, 0.25) is 0 Å². The Labute approximate surface area is 164 Å². The standard InChI is InChI=1S/C23H25NO4/c1-15(22(25)26)24(16-8-2-3-9-16)23(27)28-14-21-19-12-6-4-10-17(19)18-11-5-7-13-20(18)21/h4-7,10-13,15-16,21H,2-3,8-9,14H2,1H3,(H,25,26). The summed E-state index contributed by atoms with van der Waals surface area (Å²) in [5, 5.41) is 9.45. The summed E-state index contributed by atoms with van der Waals surface area (Å²) in [7, 11) is 0. The molecule has 146 valence electrons. The highest BCUT2D eigenvalue weighted by molar-refractivity contribution is 5.81. The van der Waals surface area contributed by atoms with Crippen molar-refractivity contribution in [3.63, 3.8) is 0 Å². The van der Waals surface area contributed by atoms with Gasteiger partial charge in [-0.05, 0) is 42.0 Å². The van der Waals surface area contributed by atoms with E-state index in [-0.39, 0.29) is 18.6 Å². The van der Waals surface area contributed by atoms with Crippen LogP contribution in [0.5, 0.6) is 0 Å². The van der Waals surface area contributed by atoms with Crippen molar-refractivity contribution in [3.05, 3.63) is 59.7 Å². The average Bonchev–Trinajstić information content (AvgIpc) is 3.33. The molecule has 0 heterocycles. The number of carbonyl (C=O) groups excluding carboxylic acids is 1. The molecule has 2 aromatic carbocycles. The van der Waals surface area contributed by atoms with Crippen molar-refractivity contribution in [2.75, 3.05) is 6.61 Å². The third kappa shape index (κ3) is 3.26. The Balaban J connectivity index is 1.54. The number of hydrogen-bond donors (Lipinski definition) is 1. The van der Waals surface area contributed by atoms with E-state index in [1.54, 1.807) is 6.92 Å². The van der Waals surface area contributed by atoms with E-state index in [0.717, 1.165) is 36.8 Å². The van der Waals surface area contributed by atoms with Crippen LogP contribution in [0.4, 0.5) is 4.79 Å². The van der Waals surface area contributed by atoms with Gasteiger partial charge in [-0.3, -0.25) is 4.90 Å². The van der Waals surface area contributed by atoms with Crippen molar-refractivity contribution < 1.29 is 19.4 Å². The first-order valence-electron chi connectivity index (χ1n) is 9.94. The molecule has 1 saturated carbocycles. The first kappa shape index (κ1) is 18.5. The SMILES string of the molecule is CC(C(=O)O)N(C(=O)OCC1c2ccccc2-c2ccccc21)C1CCCC1. The van der Waals surface area contributed by atoms with Crippen molar-refractivity contribution >= 4 is 12.1 Å². The quantitative estimate of drug-likeness (QED) is 0.821. The molecule has 5 nitrogen and oxygen atoms in total. The molecule has 0 bridgehead atoms. The molecule has 2 aromatic rings. The molecule has 5 heteroatoms. The zero-order valence-electron chi connectivity index (χ0n) is 16.0. The fraction of sp³-hybridized carbons (Fsp3) is 0.391. The molecule has 0 saturated heterocycles. The van der Waals surface area contributed by atoms with E-state index in [1.807, 2.05) is 24.3 Å². The summed E-state index contributed by atoms with van der Waals surface area (Å²) >= 11 is 0. The lowest BCUT2D eigenvalue weighted by Gasteiger charge is -2.31. The largest absolute Gasteiger partial charge is 0.480 e. The van der Waals surface area contributed by atoms with Crippen LogP contribution >= 0.6 is 0 Å². The highest BCUT2D eigenvalue weighted by atomic mass is 16.6. The Bertz CT molecular complexity index is 842. The number of amides is 1. The fourth-order valence-electron chi connectivity index (χ4n) is 4.59. The van der Waals surface area contributed by atoms with Crippen LogP contribution in [-0.2, 0) is 9.53 Å². The van der Waals surface area contributed by atoms with Gasteiger partial charge in [-0.1, -0.05) is 61.4 Å². The molecular formula is C23H25NO4. The number of carboxylic acid groups (broad SMARTS) is 1. The normalized spacial score (nSPS) is 17.0. The molecular weight excluding hydrogens is 354 g/mol. The topological polar surface area (TPSA) is 66.8 Å². The maximum absolute atomic E-state index is 12.9. The second kappa shape index (κ2) is 7.66. The Hall–Kier alpha value is -2.82. The molecule has 0 spiro atoms. The molecule has 0 radical (unpaired) electrons. The van der Waals surface area contributed by atoms with Gasteiger partial charge in [0, 0.05) is 12.0 Å². The third-order valence-electron chi connectivity index (χ3n) is 6.04. The summed E-state index contributed by atoms with van der Waals surface area (Å²) < 4.78 is 5.71. The van der Waals surface area contributed by atoms with E-state index in [1.165, 1.54) is 16.0 Å². The number of hydrogen-bond acceptors (Lipinski definition) is 3. The molecule has 0 aromatic heterocycles. The van der Waals surface area contributed by atoms with Crippen molar-refractivity contribution in [3.8, 4) is 11.1 Å². The van der Waals surface area contributed by atoms with Crippen LogP contribution in [0.3, 0.4) is 0 Å². The van der Waals surface area contributed by atoms with Gasteiger partial charge in [0.2, 0.25) is 0 Å². The summed E-state index contributed by atoms with van der Waals surface area (Å²) in [5.41, 5.74) is 4.64. The van der Waals surface area contributed by atoms with Crippen LogP contribution in [-0.4, -0.2) is 40.8 Å². The minimum Gasteiger partial charge on any atom is -0.480 e. The van der Waals surface area contributed by atoms with Gasteiger partial charge in [0.05, 0.1) is 0 Å². The lowest BCUT2D eigenvalue weighted by atomic mass is 9.98. The van der Waals surface area contributed by atoms with E-state index in [4.69, 9.17) is 4.74 Å². The maximum atomic E-state index is 12.9. The van der Waals surface area contributed by atoms with Crippen molar-refractivity contribution in [1.82, 2.24) is 4.90 Å². The third-order valence-corrected chi connectivity index (χ3v) is 6.04. The van der Waals surface area contributed by atoms with E-state index in [0.29, 0.717) is 0 Å². The summed E-state index contributed by atoms with van der Waals surface area (Å²) in [6.45, 7) is 1.77. The second-order valence-electron chi connectivity index (χ2n) is 7.66. The minimum absolute atomic E-state index is 0.0260. The zero-order valence-corrected chi connectivity index (χ0v) is 16.0. The number of carboxylic acids is 1. The molecule has 28 heavy (non-hydrogen) atoms. The predicted octanol–water partition coefficient (Wildman–Crippen LogP) is 4.65. The summed E-state index contributed by atoms with van der Waals surface area (Å²) in [6, 6.07) is 15.4. The predicted molar refractivity (Wildman–Crippen MR) is 106 cm³/mol. The highest BCUT2D eigenvalue weighted by Gasteiger charge is 2.36. The monoisotopic (exact) mass is 379 g/mol. The van der Waals surface area contributed by atoms with E-state index < -0.39 is 18.1 Å². The van der Waals surface area contributed by atoms with Gasteiger partial charge in [0.15, 0.2) is 0 Å². The van der Waals surface area contributed by atoms with Crippen molar-refractivity contribution in [1.29, 1.82) is 0 Å². The van der Waals surface area contributed by atoms with Crippen molar-refractivity contribution in [2.24, 2.45) is 0 Å². The molecule has 2 aliphatic carbocycles. The Kier molecular flexibility index (Phi) is 5.07. The molecule has 1 fully saturated rings. The molecule has 4 rings (SSSR count). The first-order chi connectivity index (χ1) is 13.6. The summed E-state index contributed by atoms with van der Waals surface area (Å²) in [5.74, 6) is -1.03. The van der Waals surface area contributed by atoms with Gasteiger partial charge in [-0.15, -0.1) is 0 Å². The number of aliphatic carboxylic acids is 1. The Morgan fingerprint density at radius 3 is 2.11 bits per heavy atom. The number of rotatable bonds is 5. The van der Waals surface area contributed by atoms with Crippen molar-refractivity contribution in [2.45, 2.75) is 50.6 Å². The summed E-state index contributed by atoms with van der Waals surface area (Å²) in [6.07, 6.45) is 3.18. The van der Waals surface area contributed by atoms with Crippen LogP contribution < -0.4 is 0 Å². The Morgan fingerprint density at radius 2 is 1.57 bits per heavy atom. The lowest BCUT2D eigenvalue weighted by Crippen LogP contribution is -2.49. The Morgan fingerprint density at radius 1 is 1.04 bits per heavy atom. The zero-order chi connectivity index (χ0) is 19.7. The van der Waals surface area contributed by atoms with E-state index >= 15 is 0 Å². The first-order valence-corrected chi connectivity index (χ1v) is 9.94. The van der Waals surface area contributed by atoms with E-state index in [2.05, 4.69) is 24.3 Å². The van der Waals surface area contributed by atoms with Gasteiger partial charge in [-0.2, -0.15) is 0 Å². The minimum atomic E-state index is -1.000. The lowest BCUT2D eigenvalue weighted by molar-refractivity contribution is -0.142. The molecule has 1 unspecified atom stereocenters. The van der Waals surface area contributed by atoms with Crippen LogP contribution in [0.25, 0.3) is 11.1 Å². The van der Waals surface area contributed by atoms with Gasteiger partial charge >= 0.3 is 12.1 Å². The van der Waals surface area contributed by atoms with E-state index in [9.17, 15) is 14.7 Å². The smallest absolute Gasteiger partial charge is 0.410 e. The number of carbonyl (C=O) groups is 2. The summed E-state index contributed by atoms with van der Waals surface area (Å²) in [4.78, 5) is 25.9. The maximum Gasteiger partial charge on any atom is 0.410 e. The number of nitrogens with zero attached hydrogens (tertiary/aromatic N) is 1. The van der Waals surface area contributed by atoms with Crippen LogP contribution in [0.1, 0.15) is 49.7 Å². The second-order valence-corrected chi connectivity index (χ2v) is 7.66. The molecule has 2 aliphatic rings. The van der Waals surface area contributed by atoms with Gasteiger partial charge in [0.25, 0.3) is 0 Å². The van der Waals surface area contributed by atoms with Crippen LogP contribution in [0, 0.1) is 0 Å². The number of ether oxygens (including phenoxy) is 1. The highest BCUT2D eigenvalue weighted by Crippen LogP contribution is 2.44.